The molecule has 3 heteroatoms. The first-order valence-electron chi connectivity index (χ1n) is 5.50. The van der Waals surface area contributed by atoms with Crippen LogP contribution in [0.5, 0.6) is 0 Å². The molecule has 2 atom stereocenters. The molecule has 1 aliphatic carbocycles. The van der Waals surface area contributed by atoms with Crippen LogP contribution in [-0.2, 0) is 6.42 Å². The fraction of sp³-hybridized carbons (Fsp3) is 0.667. The molecule has 1 N–H and O–H groups in total. The van der Waals surface area contributed by atoms with Gasteiger partial charge in [-0.05, 0) is 29.7 Å². The quantitative estimate of drug-likeness (QED) is 0.801. The van der Waals surface area contributed by atoms with Gasteiger partial charge in [0.25, 0.3) is 0 Å². The fourth-order valence-corrected chi connectivity index (χ4v) is 3.08. The summed E-state index contributed by atoms with van der Waals surface area (Å²) in [5.74, 6) is 0. The van der Waals surface area contributed by atoms with Gasteiger partial charge in [-0.3, -0.25) is 0 Å². The Morgan fingerprint density at radius 2 is 2.40 bits per heavy atom. The lowest BCUT2D eigenvalue weighted by molar-refractivity contribution is 0.118. The van der Waals surface area contributed by atoms with Crippen LogP contribution in [0.2, 0.25) is 0 Å². The second kappa shape index (κ2) is 4.44. The zero-order valence-corrected chi connectivity index (χ0v) is 10.9. The number of rotatable bonds is 4. The van der Waals surface area contributed by atoms with Crippen LogP contribution in [0.1, 0.15) is 25.1 Å². The molecule has 2 unspecified atom stereocenters. The summed E-state index contributed by atoms with van der Waals surface area (Å²) in [6.07, 6.45) is 2.25. The van der Waals surface area contributed by atoms with Crippen molar-refractivity contribution in [2.75, 3.05) is 6.54 Å². The summed E-state index contributed by atoms with van der Waals surface area (Å²) < 4.78 is 0. The maximum absolute atomic E-state index is 6.18. The van der Waals surface area contributed by atoms with E-state index >= 15 is 0 Å². The smallest absolute Gasteiger partial charge is 0.0416 e. The van der Waals surface area contributed by atoms with Crippen molar-refractivity contribution in [3.63, 3.8) is 0 Å². The van der Waals surface area contributed by atoms with Gasteiger partial charge in [0, 0.05) is 22.8 Å². The largest absolute Gasteiger partial charge is 0.313 e. The average Bonchev–Trinajstić information content (AvgIpc) is 2.69. The van der Waals surface area contributed by atoms with Gasteiger partial charge in [-0.15, -0.1) is 22.9 Å². The predicted molar refractivity (Wildman–Crippen MR) is 67.9 cm³/mol. The van der Waals surface area contributed by atoms with Crippen LogP contribution in [0.3, 0.4) is 0 Å². The second-order valence-electron chi connectivity index (χ2n) is 4.86. The van der Waals surface area contributed by atoms with Gasteiger partial charge < -0.3 is 5.32 Å². The molecule has 0 radical (unpaired) electrons. The van der Waals surface area contributed by atoms with Crippen LogP contribution < -0.4 is 5.32 Å². The molecule has 1 heterocycles. The van der Waals surface area contributed by atoms with Crippen LogP contribution in [0.15, 0.2) is 17.5 Å². The summed E-state index contributed by atoms with van der Waals surface area (Å²) >= 11 is 8.01. The van der Waals surface area contributed by atoms with E-state index in [4.69, 9.17) is 11.6 Å². The van der Waals surface area contributed by atoms with Crippen molar-refractivity contribution >= 4 is 22.9 Å². The Kier molecular flexibility index (Phi) is 3.39. The summed E-state index contributed by atoms with van der Waals surface area (Å²) in [5.41, 5.74) is 0.261. The molecule has 0 aromatic carbocycles. The molecule has 1 aliphatic rings. The lowest BCUT2D eigenvalue weighted by atomic mass is 9.67. The molecular weight excluding hydrogens is 226 g/mol. The van der Waals surface area contributed by atoms with E-state index in [0.29, 0.717) is 11.4 Å². The average molecular weight is 244 g/mol. The third kappa shape index (κ3) is 2.38. The van der Waals surface area contributed by atoms with Crippen LogP contribution >= 0.6 is 22.9 Å². The van der Waals surface area contributed by atoms with Crippen molar-refractivity contribution in [1.82, 2.24) is 5.32 Å². The van der Waals surface area contributed by atoms with Crippen molar-refractivity contribution in [2.24, 2.45) is 5.41 Å². The highest BCUT2D eigenvalue weighted by atomic mass is 35.5. The Bertz CT molecular complexity index is 307. The number of halogens is 1. The molecule has 84 valence electrons. The van der Waals surface area contributed by atoms with Gasteiger partial charge in [0.05, 0.1) is 0 Å². The third-order valence-electron chi connectivity index (χ3n) is 3.49. The van der Waals surface area contributed by atoms with Gasteiger partial charge in [-0.2, -0.15) is 0 Å². The highest BCUT2D eigenvalue weighted by molar-refractivity contribution is 7.09. The normalized spacial score (nSPS) is 28.7. The van der Waals surface area contributed by atoms with Crippen LogP contribution in [0.4, 0.5) is 0 Å². The molecule has 1 fully saturated rings. The maximum atomic E-state index is 6.18. The minimum Gasteiger partial charge on any atom is -0.313 e. The van der Waals surface area contributed by atoms with E-state index in [1.807, 2.05) is 11.3 Å². The van der Waals surface area contributed by atoms with E-state index in [1.54, 1.807) is 0 Å². The Balaban J connectivity index is 1.71. The molecule has 1 aromatic heterocycles. The summed E-state index contributed by atoms with van der Waals surface area (Å²) in [7, 11) is 0. The topological polar surface area (TPSA) is 12.0 Å². The highest BCUT2D eigenvalue weighted by Gasteiger charge is 2.46. The van der Waals surface area contributed by atoms with Crippen LogP contribution in [0.25, 0.3) is 0 Å². The number of nitrogens with one attached hydrogen (secondary N) is 1. The van der Waals surface area contributed by atoms with Crippen molar-refractivity contribution < 1.29 is 0 Å². The minimum atomic E-state index is 0.261. The molecule has 0 spiro atoms. The van der Waals surface area contributed by atoms with Gasteiger partial charge in [0.2, 0.25) is 0 Å². The van der Waals surface area contributed by atoms with E-state index in [1.165, 1.54) is 4.88 Å². The molecule has 15 heavy (non-hydrogen) atoms. The summed E-state index contributed by atoms with van der Waals surface area (Å²) in [6, 6.07) is 4.91. The van der Waals surface area contributed by atoms with Crippen molar-refractivity contribution in [2.45, 2.75) is 38.1 Å². The van der Waals surface area contributed by atoms with Crippen LogP contribution in [0, 0.1) is 5.41 Å². The minimum absolute atomic E-state index is 0.261. The van der Waals surface area contributed by atoms with E-state index in [0.717, 1.165) is 19.4 Å². The summed E-state index contributed by atoms with van der Waals surface area (Å²) in [5, 5.41) is 6.08. The molecule has 0 bridgehead atoms. The first-order valence-corrected chi connectivity index (χ1v) is 6.82. The molecule has 1 nitrogen and oxygen atoms in total. The third-order valence-corrected chi connectivity index (χ3v) is 5.17. The first-order chi connectivity index (χ1) is 7.10. The monoisotopic (exact) mass is 243 g/mol. The predicted octanol–water partition coefficient (Wildman–Crippen LogP) is 3.29. The Morgan fingerprint density at radius 3 is 2.93 bits per heavy atom. The first kappa shape index (κ1) is 11.4. The molecule has 0 aliphatic heterocycles. The zero-order chi connectivity index (χ0) is 10.9. The van der Waals surface area contributed by atoms with E-state index < -0.39 is 0 Å². The maximum Gasteiger partial charge on any atom is 0.0416 e. The van der Waals surface area contributed by atoms with Gasteiger partial charge in [-0.1, -0.05) is 19.9 Å². The lowest BCUT2D eigenvalue weighted by Gasteiger charge is -2.49. The van der Waals surface area contributed by atoms with Crippen molar-refractivity contribution in [1.29, 1.82) is 0 Å². The molecule has 1 saturated carbocycles. The lowest BCUT2D eigenvalue weighted by Crippen LogP contribution is -2.58. The van der Waals surface area contributed by atoms with Gasteiger partial charge in [-0.25, -0.2) is 0 Å². The van der Waals surface area contributed by atoms with Gasteiger partial charge in [0.15, 0.2) is 0 Å². The number of hydrogen-bond acceptors (Lipinski definition) is 2. The van der Waals surface area contributed by atoms with E-state index in [9.17, 15) is 0 Å². The molecule has 0 amide bonds. The van der Waals surface area contributed by atoms with Crippen molar-refractivity contribution in [3.8, 4) is 0 Å². The molecular formula is C12H18ClNS. The fourth-order valence-electron chi connectivity index (χ4n) is 2.04. The van der Waals surface area contributed by atoms with Crippen LogP contribution in [-0.4, -0.2) is 18.0 Å². The Morgan fingerprint density at radius 1 is 1.60 bits per heavy atom. The highest BCUT2D eigenvalue weighted by Crippen LogP contribution is 2.44. The molecule has 2 rings (SSSR count). The summed E-state index contributed by atoms with van der Waals surface area (Å²) in [6.45, 7) is 5.56. The number of alkyl halides is 1. The van der Waals surface area contributed by atoms with Crippen molar-refractivity contribution in [3.05, 3.63) is 22.4 Å². The standard InChI is InChI=1S/C12H18ClNS/c1-12(2)10(13)8-11(12)14-6-5-9-4-3-7-15-9/h3-4,7,10-11,14H,5-6,8H2,1-2H3. The van der Waals surface area contributed by atoms with Gasteiger partial charge >= 0.3 is 0 Å². The van der Waals surface area contributed by atoms with E-state index in [-0.39, 0.29) is 5.41 Å². The SMILES string of the molecule is CC1(C)C(Cl)CC1NCCc1cccs1. The Labute approximate surface area is 101 Å². The molecule has 1 aromatic rings. The number of hydrogen-bond donors (Lipinski definition) is 1. The second-order valence-corrected chi connectivity index (χ2v) is 6.42. The summed E-state index contributed by atoms with van der Waals surface area (Å²) in [4.78, 5) is 1.46. The molecule has 0 saturated heterocycles. The van der Waals surface area contributed by atoms with E-state index in [2.05, 4.69) is 36.7 Å². The number of thiophene rings is 1. The Hall–Kier alpha value is -0.0500. The van der Waals surface area contributed by atoms with Gasteiger partial charge in [0.1, 0.15) is 0 Å². The zero-order valence-electron chi connectivity index (χ0n) is 9.29.